The lowest BCUT2D eigenvalue weighted by molar-refractivity contribution is 0.356. The fourth-order valence-electron chi connectivity index (χ4n) is 3.95. The number of anilines is 1. The van der Waals surface area contributed by atoms with Crippen LogP contribution in [0.25, 0.3) is 22.0 Å². The molecule has 0 radical (unpaired) electrons. The number of benzene rings is 2. The van der Waals surface area contributed by atoms with E-state index in [0.29, 0.717) is 17.4 Å². The first-order valence-electron chi connectivity index (χ1n) is 10.8. The molecular formula is C25H27N5O2. The Kier molecular flexibility index (Phi) is 5.17. The Hall–Kier alpha value is -3.61. The molecule has 164 valence electrons. The highest BCUT2D eigenvalue weighted by atomic mass is 16.5. The largest absolute Gasteiger partial charge is 0.493 e. The van der Waals surface area contributed by atoms with Crippen LogP contribution >= 0.6 is 0 Å². The fourth-order valence-corrected chi connectivity index (χ4v) is 3.95. The molecule has 0 bridgehead atoms. The normalized spacial score (nSPS) is 14.4. The lowest BCUT2D eigenvalue weighted by Gasteiger charge is -2.19. The van der Waals surface area contributed by atoms with Gasteiger partial charge in [-0.2, -0.15) is 5.10 Å². The van der Waals surface area contributed by atoms with Gasteiger partial charge in [0.1, 0.15) is 11.6 Å². The molecule has 1 atom stereocenters. The molecule has 5 rings (SSSR count). The summed E-state index contributed by atoms with van der Waals surface area (Å²) < 4.78 is 12.8. The SMILES string of the molecule is COc1cc2nc(C3CC3)nc(NC(C)c3cccc(-c4cnn(C)c4)c3)c2cc1OC. The van der Waals surface area contributed by atoms with E-state index in [-0.39, 0.29) is 6.04 Å². The van der Waals surface area contributed by atoms with Crippen molar-refractivity contribution in [1.29, 1.82) is 0 Å². The zero-order valence-corrected chi connectivity index (χ0v) is 18.8. The zero-order chi connectivity index (χ0) is 22.2. The number of fused-ring (bicyclic) bond motifs is 1. The molecule has 2 heterocycles. The average Bonchev–Trinajstić information content (AvgIpc) is 3.58. The summed E-state index contributed by atoms with van der Waals surface area (Å²) in [7, 11) is 5.21. The van der Waals surface area contributed by atoms with Gasteiger partial charge in [-0.05, 0) is 43.0 Å². The Bertz CT molecular complexity index is 1280. The highest BCUT2D eigenvalue weighted by Gasteiger charge is 2.28. The summed E-state index contributed by atoms with van der Waals surface area (Å²) in [5.41, 5.74) is 4.27. The predicted octanol–water partition coefficient (Wildman–Crippen LogP) is 5.10. The number of aryl methyl sites for hydroxylation is 1. The van der Waals surface area contributed by atoms with Crippen LogP contribution in [0.15, 0.2) is 48.8 Å². The average molecular weight is 430 g/mol. The second-order valence-corrected chi connectivity index (χ2v) is 8.32. The van der Waals surface area contributed by atoms with Gasteiger partial charge in [0.15, 0.2) is 11.5 Å². The van der Waals surface area contributed by atoms with Crippen LogP contribution in [0.2, 0.25) is 0 Å². The molecule has 4 aromatic rings. The minimum absolute atomic E-state index is 0.0462. The molecule has 1 saturated carbocycles. The van der Waals surface area contributed by atoms with Crippen LogP contribution in [0.3, 0.4) is 0 Å². The summed E-state index contributed by atoms with van der Waals surface area (Å²) in [5.74, 6) is 3.48. The van der Waals surface area contributed by atoms with E-state index >= 15 is 0 Å². The minimum Gasteiger partial charge on any atom is -0.493 e. The van der Waals surface area contributed by atoms with Crippen LogP contribution in [0.1, 0.15) is 43.1 Å². The Labute approximate surface area is 187 Å². The first-order valence-corrected chi connectivity index (χ1v) is 10.8. The van der Waals surface area contributed by atoms with Crippen LogP contribution in [-0.4, -0.2) is 34.0 Å². The smallest absolute Gasteiger partial charge is 0.162 e. The lowest BCUT2D eigenvalue weighted by Crippen LogP contribution is -2.10. The number of hydrogen-bond donors (Lipinski definition) is 1. The molecule has 1 aliphatic carbocycles. The number of rotatable bonds is 7. The van der Waals surface area contributed by atoms with E-state index < -0.39 is 0 Å². The maximum absolute atomic E-state index is 5.53. The van der Waals surface area contributed by atoms with E-state index in [1.165, 1.54) is 5.56 Å². The molecule has 1 N–H and O–H groups in total. The Morgan fingerprint density at radius 1 is 1.03 bits per heavy atom. The van der Waals surface area contributed by atoms with Crippen molar-refractivity contribution >= 4 is 16.7 Å². The molecule has 0 aliphatic heterocycles. The molecule has 0 spiro atoms. The summed E-state index contributed by atoms with van der Waals surface area (Å²) in [6.45, 7) is 2.15. The molecule has 7 heteroatoms. The van der Waals surface area contributed by atoms with Gasteiger partial charge in [0, 0.05) is 42.2 Å². The zero-order valence-electron chi connectivity index (χ0n) is 18.8. The molecule has 2 aromatic carbocycles. The third-order valence-electron chi connectivity index (χ3n) is 5.94. The van der Waals surface area contributed by atoms with Crippen molar-refractivity contribution in [1.82, 2.24) is 19.7 Å². The van der Waals surface area contributed by atoms with E-state index in [4.69, 9.17) is 19.4 Å². The molecular weight excluding hydrogens is 402 g/mol. The summed E-state index contributed by atoms with van der Waals surface area (Å²) in [6, 6.07) is 12.4. The topological polar surface area (TPSA) is 74.1 Å². The number of ether oxygens (including phenoxy) is 2. The van der Waals surface area contributed by atoms with Gasteiger partial charge >= 0.3 is 0 Å². The number of nitrogens with one attached hydrogen (secondary N) is 1. The molecule has 0 amide bonds. The van der Waals surface area contributed by atoms with Crippen molar-refractivity contribution in [2.75, 3.05) is 19.5 Å². The fraction of sp³-hybridized carbons (Fsp3) is 0.320. The van der Waals surface area contributed by atoms with Crippen LogP contribution in [0, 0.1) is 0 Å². The second-order valence-electron chi connectivity index (χ2n) is 8.32. The monoisotopic (exact) mass is 429 g/mol. The summed E-state index contributed by atoms with van der Waals surface area (Å²) in [4.78, 5) is 9.73. The van der Waals surface area contributed by atoms with Gasteiger partial charge in [-0.1, -0.05) is 18.2 Å². The Balaban J connectivity index is 1.53. The molecule has 32 heavy (non-hydrogen) atoms. The van der Waals surface area contributed by atoms with Gasteiger partial charge in [0.2, 0.25) is 0 Å². The Morgan fingerprint density at radius 3 is 2.50 bits per heavy atom. The van der Waals surface area contributed by atoms with Gasteiger partial charge in [-0.15, -0.1) is 0 Å². The number of methoxy groups -OCH3 is 2. The molecule has 0 saturated heterocycles. The first kappa shape index (κ1) is 20.3. The summed E-state index contributed by atoms with van der Waals surface area (Å²) in [6.07, 6.45) is 6.19. The van der Waals surface area contributed by atoms with Crippen LogP contribution in [-0.2, 0) is 7.05 Å². The standard InChI is InChI=1S/C25H27N5O2/c1-15(17-6-5-7-18(10-17)19-13-26-30(2)14-19)27-25-20-11-22(31-3)23(32-4)12-21(20)28-24(29-25)16-8-9-16/h5-7,10-16H,8-9H2,1-4H3,(H,27,28,29). The molecule has 1 aliphatic rings. The van der Waals surface area contributed by atoms with Gasteiger partial charge in [0.25, 0.3) is 0 Å². The third-order valence-corrected chi connectivity index (χ3v) is 5.94. The van der Waals surface area contributed by atoms with Crippen LogP contribution < -0.4 is 14.8 Å². The van der Waals surface area contributed by atoms with E-state index in [1.54, 1.807) is 14.2 Å². The number of nitrogens with zero attached hydrogens (tertiary/aromatic N) is 4. The van der Waals surface area contributed by atoms with Crippen molar-refractivity contribution in [3.05, 3.63) is 60.2 Å². The van der Waals surface area contributed by atoms with E-state index in [2.05, 4.69) is 41.6 Å². The lowest BCUT2D eigenvalue weighted by atomic mass is 10.0. The van der Waals surface area contributed by atoms with Crippen LogP contribution in [0.4, 0.5) is 5.82 Å². The van der Waals surface area contributed by atoms with E-state index in [1.807, 2.05) is 36.3 Å². The van der Waals surface area contributed by atoms with Gasteiger partial charge < -0.3 is 14.8 Å². The summed E-state index contributed by atoms with van der Waals surface area (Å²) >= 11 is 0. The van der Waals surface area contributed by atoms with Crippen molar-refractivity contribution in [3.8, 4) is 22.6 Å². The molecule has 1 unspecified atom stereocenters. The van der Waals surface area contributed by atoms with E-state index in [0.717, 1.165) is 46.5 Å². The van der Waals surface area contributed by atoms with Crippen molar-refractivity contribution in [3.63, 3.8) is 0 Å². The highest BCUT2D eigenvalue weighted by molar-refractivity contribution is 5.92. The highest BCUT2D eigenvalue weighted by Crippen LogP contribution is 2.41. The predicted molar refractivity (Wildman–Crippen MR) is 125 cm³/mol. The van der Waals surface area contributed by atoms with Gasteiger partial charge in [0.05, 0.1) is 25.9 Å². The van der Waals surface area contributed by atoms with Gasteiger partial charge in [-0.25, -0.2) is 9.97 Å². The molecule has 7 nitrogen and oxygen atoms in total. The van der Waals surface area contributed by atoms with E-state index in [9.17, 15) is 0 Å². The molecule has 1 fully saturated rings. The Morgan fingerprint density at radius 2 is 1.81 bits per heavy atom. The minimum atomic E-state index is 0.0462. The van der Waals surface area contributed by atoms with Crippen molar-refractivity contribution in [2.24, 2.45) is 7.05 Å². The number of hydrogen-bond acceptors (Lipinski definition) is 6. The quantitative estimate of drug-likeness (QED) is 0.441. The molecule has 2 aromatic heterocycles. The first-order chi connectivity index (χ1) is 15.6. The number of aromatic nitrogens is 4. The van der Waals surface area contributed by atoms with Gasteiger partial charge in [-0.3, -0.25) is 4.68 Å². The maximum Gasteiger partial charge on any atom is 0.162 e. The maximum atomic E-state index is 5.53. The van der Waals surface area contributed by atoms with Crippen LogP contribution in [0.5, 0.6) is 11.5 Å². The third kappa shape index (κ3) is 3.86. The van der Waals surface area contributed by atoms with Crippen molar-refractivity contribution < 1.29 is 9.47 Å². The summed E-state index contributed by atoms with van der Waals surface area (Å²) in [5, 5.41) is 8.84. The second kappa shape index (κ2) is 8.15. The van der Waals surface area contributed by atoms with Crippen molar-refractivity contribution in [2.45, 2.75) is 31.7 Å².